The minimum Gasteiger partial charge on any atom is -0.309 e. The summed E-state index contributed by atoms with van der Waals surface area (Å²) >= 11 is 0. The van der Waals surface area contributed by atoms with Crippen molar-refractivity contribution in [1.82, 2.24) is 5.32 Å². The van der Waals surface area contributed by atoms with Gasteiger partial charge in [-0.15, -0.1) is 0 Å². The minimum atomic E-state index is -0.169. The van der Waals surface area contributed by atoms with Gasteiger partial charge in [0.15, 0.2) is 0 Å². The lowest BCUT2D eigenvalue weighted by atomic mass is 10.1. The number of aryl methyl sites for hydroxylation is 1. The summed E-state index contributed by atoms with van der Waals surface area (Å²) in [7, 11) is 0. The van der Waals surface area contributed by atoms with Crippen LogP contribution in [0, 0.1) is 24.1 Å². The predicted octanol–water partition coefficient (Wildman–Crippen LogP) is 3.30. The van der Waals surface area contributed by atoms with Crippen molar-refractivity contribution in [2.75, 3.05) is 0 Å². The van der Waals surface area contributed by atoms with Crippen molar-refractivity contribution in [3.05, 3.63) is 70.5 Å². The molecule has 0 aromatic heterocycles. The van der Waals surface area contributed by atoms with Gasteiger partial charge in [0.2, 0.25) is 0 Å². The van der Waals surface area contributed by atoms with E-state index in [0.717, 1.165) is 11.1 Å². The van der Waals surface area contributed by atoms with Crippen LogP contribution in [0.5, 0.6) is 0 Å². The molecule has 0 bridgehead atoms. The molecular formula is C16H15FN2. The monoisotopic (exact) mass is 254 g/mol. The highest BCUT2D eigenvalue weighted by atomic mass is 19.1. The smallest absolute Gasteiger partial charge is 0.126 e. The lowest BCUT2D eigenvalue weighted by Gasteiger charge is -2.06. The quantitative estimate of drug-likeness (QED) is 0.908. The summed E-state index contributed by atoms with van der Waals surface area (Å²) in [5, 5.41) is 12.0. The van der Waals surface area contributed by atoms with Gasteiger partial charge in [-0.2, -0.15) is 5.26 Å². The molecule has 1 N–H and O–H groups in total. The number of benzene rings is 2. The molecule has 0 heterocycles. The van der Waals surface area contributed by atoms with Gasteiger partial charge in [-0.05, 0) is 41.8 Å². The third-order valence-electron chi connectivity index (χ3n) is 2.98. The predicted molar refractivity (Wildman–Crippen MR) is 72.8 cm³/mol. The van der Waals surface area contributed by atoms with Gasteiger partial charge >= 0.3 is 0 Å². The second-order valence-electron chi connectivity index (χ2n) is 4.50. The van der Waals surface area contributed by atoms with Crippen LogP contribution in [0.3, 0.4) is 0 Å². The van der Waals surface area contributed by atoms with Gasteiger partial charge in [0.1, 0.15) is 5.82 Å². The molecule has 2 rings (SSSR count). The second-order valence-corrected chi connectivity index (χ2v) is 4.50. The zero-order valence-electron chi connectivity index (χ0n) is 10.8. The zero-order chi connectivity index (χ0) is 13.7. The molecule has 0 saturated carbocycles. The van der Waals surface area contributed by atoms with Gasteiger partial charge in [-0.3, -0.25) is 0 Å². The van der Waals surface area contributed by atoms with Crippen molar-refractivity contribution in [2.24, 2.45) is 0 Å². The fourth-order valence-electron chi connectivity index (χ4n) is 1.79. The molecule has 19 heavy (non-hydrogen) atoms. The highest BCUT2D eigenvalue weighted by Gasteiger charge is 1.99. The van der Waals surface area contributed by atoms with Crippen LogP contribution in [-0.2, 0) is 13.1 Å². The molecule has 0 spiro atoms. The Morgan fingerprint density at radius 2 is 1.68 bits per heavy atom. The summed E-state index contributed by atoms with van der Waals surface area (Å²) < 4.78 is 13.4. The van der Waals surface area contributed by atoms with Crippen LogP contribution in [0.2, 0.25) is 0 Å². The number of hydrogen-bond donors (Lipinski definition) is 1. The van der Waals surface area contributed by atoms with E-state index in [4.69, 9.17) is 5.26 Å². The summed E-state index contributed by atoms with van der Waals surface area (Å²) in [4.78, 5) is 0. The lowest BCUT2D eigenvalue weighted by Crippen LogP contribution is -2.12. The SMILES string of the molecule is Cc1ccc(CNCc2ccc(C#N)cc2)cc1F. The van der Waals surface area contributed by atoms with E-state index in [9.17, 15) is 4.39 Å². The van der Waals surface area contributed by atoms with Gasteiger partial charge in [0.05, 0.1) is 11.6 Å². The first-order chi connectivity index (χ1) is 9.19. The molecule has 0 saturated heterocycles. The van der Waals surface area contributed by atoms with Crippen molar-refractivity contribution in [2.45, 2.75) is 20.0 Å². The maximum atomic E-state index is 13.4. The Morgan fingerprint density at radius 1 is 1.05 bits per heavy atom. The Hall–Kier alpha value is -2.18. The third-order valence-corrected chi connectivity index (χ3v) is 2.98. The molecule has 3 heteroatoms. The topological polar surface area (TPSA) is 35.8 Å². The Morgan fingerprint density at radius 3 is 2.32 bits per heavy atom. The average Bonchev–Trinajstić information content (AvgIpc) is 2.43. The van der Waals surface area contributed by atoms with Gasteiger partial charge in [-0.25, -0.2) is 4.39 Å². The zero-order valence-corrected chi connectivity index (χ0v) is 10.8. The van der Waals surface area contributed by atoms with Gasteiger partial charge < -0.3 is 5.32 Å². The summed E-state index contributed by atoms with van der Waals surface area (Å²) in [6, 6.07) is 14.8. The fourth-order valence-corrected chi connectivity index (χ4v) is 1.79. The van der Waals surface area contributed by atoms with Crippen molar-refractivity contribution in [1.29, 1.82) is 5.26 Å². The van der Waals surface area contributed by atoms with Crippen LogP contribution in [0.1, 0.15) is 22.3 Å². The second kappa shape index (κ2) is 6.12. The van der Waals surface area contributed by atoms with Crippen molar-refractivity contribution in [3.8, 4) is 6.07 Å². The van der Waals surface area contributed by atoms with Crippen LogP contribution < -0.4 is 5.32 Å². The Balaban J connectivity index is 1.89. The lowest BCUT2D eigenvalue weighted by molar-refractivity contribution is 0.611. The summed E-state index contributed by atoms with van der Waals surface area (Å²) in [5.74, 6) is -0.169. The van der Waals surface area contributed by atoms with Crippen LogP contribution in [0.4, 0.5) is 4.39 Å². The van der Waals surface area contributed by atoms with Crippen molar-refractivity contribution >= 4 is 0 Å². The number of nitriles is 1. The van der Waals surface area contributed by atoms with Gasteiger partial charge in [0.25, 0.3) is 0 Å². The fraction of sp³-hybridized carbons (Fsp3) is 0.188. The number of nitrogens with one attached hydrogen (secondary N) is 1. The molecule has 2 aromatic rings. The standard InChI is InChI=1S/C16H15FN2/c1-12-2-3-15(8-16(12)17)11-19-10-14-6-4-13(9-18)5-7-14/h2-8,19H,10-11H2,1H3. The van der Waals surface area contributed by atoms with E-state index in [1.807, 2.05) is 18.2 Å². The molecule has 2 nitrogen and oxygen atoms in total. The number of rotatable bonds is 4. The molecule has 0 aliphatic rings. The molecule has 0 aliphatic carbocycles. The maximum absolute atomic E-state index is 13.4. The van der Waals surface area contributed by atoms with Crippen LogP contribution in [0.25, 0.3) is 0 Å². The van der Waals surface area contributed by atoms with Gasteiger partial charge in [-0.1, -0.05) is 24.3 Å². The minimum absolute atomic E-state index is 0.169. The Kier molecular flexibility index (Phi) is 4.27. The molecule has 0 fully saturated rings. The molecule has 0 radical (unpaired) electrons. The van der Waals surface area contributed by atoms with Crippen LogP contribution >= 0.6 is 0 Å². The molecular weight excluding hydrogens is 239 g/mol. The summed E-state index contributed by atoms with van der Waals surface area (Å²) in [5.41, 5.74) is 3.35. The number of hydrogen-bond acceptors (Lipinski definition) is 2. The third kappa shape index (κ3) is 3.64. The molecule has 0 atom stereocenters. The van der Waals surface area contributed by atoms with E-state index in [0.29, 0.717) is 24.2 Å². The highest BCUT2D eigenvalue weighted by Crippen LogP contribution is 2.09. The van der Waals surface area contributed by atoms with Crippen molar-refractivity contribution < 1.29 is 4.39 Å². The van der Waals surface area contributed by atoms with E-state index in [-0.39, 0.29) is 5.82 Å². The average molecular weight is 254 g/mol. The summed E-state index contributed by atoms with van der Waals surface area (Å²) in [6.07, 6.45) is 0. The molecule has 2 aromatic carbocycles. The molecule has 0 amide bonds. The number of nitrogens with zero attached hydrogens (tertiary/aromatic N) is 1. The first kappa shape index (κ1) is 13.3. The normalized spacial score (nSPS) is 10.2. The van der Waals surface area contributed by atoms with E-state index in [2.05, 4.69) is 11.4 Å². The largest absolute Gasteiger partial charge is 0.309 e. The van der Waals surface area contributed by atoms with E-state index >= 15 is 0 Å². The summed E-state index contributed by atoms with van der Waals surface area (Å²) in [6.45, 7) is 3.07. The van der Waals surface area contributed by atoms with Crippen LogP contribution in [-0.4, -0.2) is 0 Å². The number of halogens is 1. The van der Waals surface area contributed by atoms with E-state index < -0.39 is 0 Å². The van der Waals surface area contributed by atoms with E-state index in [1.165, 1.54) is 0 Å². The highest BCUT2D eigenvalue weighted by molar-refractivity contribution is 5.31. The molecule has 96 valence electrons. The maximum Gasteiger partial charge on any atom is 0.126 e. The van der Waals surface area contributed by atoms with Crippen LogP contribution in [0.15, 0.2) is 42.5 Å². The van der Waals surface area contributed by atoms with E-state index in [1.54, 1.807) is 31.2 Å². The molecule has 0 unspecified atom stereocenters. The van der Waals surface area contributed by atoms with Crippen molar-refractivity contribution in [3.63, 3.8) is 0 Å². The molecule has 0 aliphatic heterocycles. The first-order valence-electron chi connectivity index (χ1n) is 6.14. The Bertz CT molecular complexity index is 597. The first-order valence-corrected chi connectivity index (χ1v) is 6.14. The Labute approximate surface area is 112 Å². The van der Waals surface area contributed by atoms with Gasteiger partial charge in [0, 0.05) is 13.1 Å².